The molecular formula is C23H24F4N2O4. The summed E-state index contributed by atoms with van der Waals surface area (Å²) in [6, 6.07) is 4.51. The molecule has 1 fully saturated rings. The van der Waals surface area contributed by atoms with Crippen LogP contribution in [0, 0.1) is 11.2 Å². The topological polar surface area (TPSA) is 75.7 Å². The molecule has 1 N–H and O–H groups in total. The summed E-state index contributed by atoms with van der Waals surface area (Å²) in [5, 5.41) is 1.74. The average molecular weight is 468 g/mol. The molecule has 4 rings (SSSR count). The standard InChI is InChI=1S/C23H24F4N2O4/c1-21(2)10-16-18(17(30)11-21)22(23(25,26)27,20(32)29(16)12-13-6-5-9-33-13)28-19(31)14-7-3-4-8-15(14)24/h3-4,7-8,13H,5-6,9-12H2,1-2H3,(H,28,31)/t13-,22+/m0/s1. The molecule has 10 heteroatoms. The molecule has 1 aromatic carbocycles. The van der Waals surface area contributed by atoms with Crippen LogP contribution in [0.2, 0.25) is 0 Å². The Kier molecular flexibility index (Phi) is 5.63. The Bertz CT molecular complexity index is 1040. The smallest absolute Gasteiger partial charge is 0.376 e. The Morgan fingerprint density at radius 2 is 1.91 bits per heavy atom. The zero-order valence-corrected chi connectivity index (χ0v) is 18.2. The van der Waals surface area contributed by atoms with Gasteiger partial charge in [0.05, 0.1) is 23.8 Å². The number of Topliss-reactive ketones (excluding diaryl/α,β-unsaturated/α-hetero) is 1. The van der Waals surface area contributed by atoms with Crippen LogP contribution in [0.25, 0.3) is 0 Å². The van der Waals surface area contributed by atoms with Gasteiger partial charge in [-0.1, -0.05) is 26.0 Å². The number of halogens is 4. The van der Waals surface area contributed by atoms with E-state index < -0.39 is 57.8 Å². The number of hydrogen-bond acceptors (Lipinski definition) is 4. The molecule has 178 valence electrons. The fourth-order valence-corrected chi connectivity index (χ4v) is 4.89. The van der Waals surface area contributed by atoms with Crippen molar-refractivity contribution in [1.29, 1.82) is 0 Å². The summed E-state index contributed by atoms with van der Waals surface area (Å²) in [7, 11) is 0. The second-order valence-corrected chi connectivity index (χ2v) is 9.50. The number of ether oxygens (including phenoxy) is 1. The van der Waals surface area contributed by atoms with E-state index in [1.807, 2.05) is 0 Å². The first-order valence-electron chi connectivity index (χ1n) is 10.7. The summed E-state index contributed by atoms with van der Waals surface area (Å²) in [5.41, 5.74) is -5.75. The third-order valence-electron chi connectivity index (χ3n) is 6.37. The number of hydrogen-bond donors (Lipinski definition) is 1. The zero-order valence-electron chi connectivity index (χ0n) is 18.2. The van der Waals surface area contributed by atoms with Gasteiger partial charge in [-0.05, 0) is 36.8 Å². The highest BCUT2D eigenvalue weighted by Crippen LogP contribution is 2.52. The number of allylic oxidation sites excluding steroid dienone is 1. The molecule has 0 radical (unpaired) electrons. The maximum absolute atomic E-state index is 14.7. The first-order valence-corrected chi connectivity index (χ1v) is 10.7. The number of carbonyl (C=O) groups is 3. The molecular weight excluding hydrogens is 444 g/mol. The molecule has 2 aliphatic heterocycles. The lowest BCUT2D eigenvalue weighted by atomic mass is 9.72. The van der Waals surface area contributed by atoms with Crippen molar-refractivity contribution in [3.8, 4) is 0 Å². The van der Waals surface area contributed by atoms with Crippen LogP contribution in [0.3, 0.4) is 0 Å². The third kappa shape index (κ3) is 3.84. The third-order valence-corrected chi connectivity index (χ3v) is 6.37. The summed E-state index contributed by atoms with van der Waals surface area (Å²) in [6.07, 6.45) is -4.73. The minimum absolute atomic E-state index is 0.0416. The summed E-state index contributed by atoms with van der Waals surface area (Å²) in [4.78, 5) is 40.3. The van der Waals surface area contributed by atoms with E-state index >= 15 is 0 Å². The van der Waals surface area contributed by atoms with Gasteiger partial charge in [0.25, 0.3) is 11.8 Å². The van der Waals surface area contributed by atoms with E-state index in [4.69, 9.17) is 4.74 Å². The molecule has 0 unspecified atom stereocenters. The molecule has 2 amide bonds. The zero-order chi connectivity index (χ0) is 24.2. The van der Waals surface area contributed by atoms with Crippen molar-refractivity contribution in [1.82, 2.24) is 10.2 Å². The van der Waals surface area contributed by atoms with E-state index in [1.165, 1.54) is 12.1 Å². The second kappa shape index (κ2) is 7.93. The maximum Gasteiger partial charge on any atom is 0.425 e. The highest BCUT2D eigenvalue weighted by atomic mass is 19.4. The van der Waals surface area contributed by atoms with Gasteiger partial charge >= 0.3 is 6.18 Å². The van der Waals surface area contributed by atoms with E-state index in [2.05, 4.69) is 0 Å². The van der Waals surface area contributed by atoms with Crippen LogP contribution in [0.4, 0.5) is 17.6 Å². The van der Waals surface area contributed by atoms with Crippen LogP contribution >= 0.6 is 0 Å². The lowest BCUT2D eigenvalue weighted by molar-refractivity contribution is -0.191. The number of amides is 2. The van der Waals surface area contributed by atoms with Crippen LogP contribution in [0.1, 0.15) is 49.9 Å². The first-order chi connectivity index (χ1) is 15.4. The molecule has 2 atom stereocenters. The van der Waals surface area contributed by atoms with Crippen LogP contribution in [-0.4, -0.2) is 53.5 Å². The average Bonchev–Trinajstić information content (AvgIpc) is 3.28. The maximum atomic E-state index is 14.7. The SMILES string of the molecule is CC1(C)CC(=O)C2=C(C1)N(C[C@@H]1CCCO1)C(=O)[C@@]2(NC(=O)c1ccccc1F)C(F)(F)F. The Hall–Kier alpha value is -2.75. The van der Waals surface area contributed by atoms with Crippen molar-refractivity contribution >= 4 is 17.6 Å². The molecule has 1 aromatic rings. The molecule has 0 aromatic heterocycles. The van der Waals surface area contributed by atoms with E-state index in [0.717, 1.165) is 17.0 Å². The highest BCUT2D eigenvalue weighted by Gasteiger charge is 2.71. The Labute approximate surface area is 187 Å². The number of benzene rings is 1. The van der Waals surface area contributed by atoms with Gasteiger partial charge in [-0.15, -0.1) is 0 Å². The van der Waals surface area contributed by atoms with Crippen molar-refractivity contribution in [2.45, 2.75) is 57.3 Å². The minimum atomic E-state index is -5.34. The van der Waals surface area contributed by atoms with E-state index in [1.54, 1.807) is 19.2 Å². The van der Waals surface area contributed by atoms with Crippen LogP contribution in [0.5, 0.6) is 0 Å². The fourth-order valence-electron chi connectivity index (χ4n) is 4.89. The van der Waals surface area contributed by atoms with E-state index in [9.17, 15) is 31.9 Å². The van der Waals surface area contributed by atoms with Gasteiger partial charge in [-0.2, -0.15) is 13.2 Å². The van der Waals surface area contributed by atoms with Crippen molar-refractivity contribution in [2.24, 2.45) is 5.41 Å². The van der Waals surface area contributed by atoms with Crippen molar-refractivity contribution < 1.29 is 36.7 Å². The number of alkyl halides is 3. The van der Waals surface area contributed by atoms with E-state index in [-0.39, 0.29) is 25.1 Å². The molecule has 2 heterocycles. The molecule has 1 saturated heterocycles. The predicted octanol–water partition coefficient (Wildman–Crippen LogP) is 3.52. The van der Waals surface area contributed by atoms with Gasteiger partial charge in [0.1, 0.15) is 5.82 Å². The van der Waals surface area contributed by atoms with Gasteiger partial charge in [0.15, 0.2) is 5.78 Å². The largest absolute Gasteiger partial charge is 0.425 e. The Morgan fingerprint density at radius 3 is 2.52 bits per heavy atom. The molecule has 1 aliphatic carbocycles. The van der Waals surface area contributed by atoms with Crippen molar-refractivity contribution in [2.75, 3.05) is 13.2 Å². The number of nitrogens with one attached hydrogen (secondary N) is 1. The summed E-state index contributed by atoms with van der Waals surface area (Å²) in [5.74, 6) is -4.80. The fraction of sp³-hybridized carbons (Fsp3) is 0.522. The Morgan fingerprint density at radius 1 is 1.21 bits per heavy atom. The quantitative estimate of drug-likeness (QED) is 0.687. The van der Waals surface area contributed by atoms with Gasteiger partial charge in [-0.25, -0.2) is 4.39 Å². The van der Waals surface area contributed by atoms with Crippen LogP contribution in [-0.2, 0) is 14.3 Å². The van der Waals surface area contributed by atoms with Crippen molar-refractivity contribution in [3.05, 3.63) is 46.9 Å². The number of carbonyl (C=O) groups excluding carboxylic acids is 3. The van der Waals surface area contributed by atoms with Gasteiger partial charge < -0.3 is 15.0 Å². The minimum Gasteiger partial charge on any atom is -0.376 e. The van der Waals surface area contributed by atoms with Crippen molar-refractivity contribution in [3.63, 3.8) is 0 Å². The lowest BCUT2D eigenvalue weighted by Gasteiger charge is -2.35. The highest BCUT2D eigenvalue weighted by molar-refractivity contribution is 6.14. The number of nitrogens with zero attached hydrogens (tertiary/aromatic N) is 1. The van der Waals surface area contributed by atoms with Gasteiger partial charge in [-0.3, -0.25) is 14.4 Å². The van der Waals surface area contributed by atoms with Gasteiger partial charge in [0, 0.05) is 18.7 Å². The molecule has 0 bridgehead atoms. The first kappa shape index (κ1) is 23.4. The number of rotatable bonds is 4. The summed E-state index contributed by atoms with van der Waals surface area (Å²) >= 11 is 0. The van der Waals surface area contributed by atoms with E-state index in [0.29, 0.717) is 19.4 Å². The molecule has 0 saturated carbocycles. The number of ketones is 1. The Balaban J connectivity index is 1.85. The summed E-state index contributed by atoms with van der Waals surface area (Å²) < 4.78 is 63.8. The van der Waals surface area contributed by atoms with Gasteiger partial charge in [0.2, 0.25) is 5.54 Å². The lowest BCUT2D eigenvalue weighted by Crippen LogP contribution is -2.66. The normalized spacial score (nSPS) is 27.2. The molecule has 3 aliphatic rings. The van der Waals surface area contributed by atoms with Crippen LogP contribution in [0.15, 0.2) is 35.5 Å². The molecule has 33 heavy (non-hydrogen) atoms. The second-order valence-electron chi connectivity index (χ2n) is 9.50. The predicted molar refractivity (Wildman–Crippen MR) is 108 cm³/mol. The molecule has 0 spiro atoms. The monoisotopic (exact) mass is 468 g/mol. The summed E-state index contributed by atoms with van der Waals surface area (Å²) in [6.45, 7) is 3.73. The molecule has 6 nitrogen and oxygen atoms in total. The van der Waals surface area contributed by atoms with Crippen LogP contribution < -0.4 is 5.32 Å².